The summed E-state index contributed by atoms with van der Waals surface area (Å²) in [5, 5.41) is 5.09. The number of hydrogen-bond acceptors (Lipinski definition) is 5. The van der Waals surface area contributed by atoms with Crippen LogP contribution in [0.1, 0.15) is 32.0 Å². The van der Waals surface area contributed by atoms with Crippen molar-refractivity contribution in [3.63, 3.8) is 0 Å². The van der Waals surface area contributed by atoms with Gasteiger partial charge in [0.15, 0.2) is 11.5 Å². The van der Waals surface area contributed by atoms with Gasteiger partial charge in [0.1, 0.15) is 5.69 Å². The van der Waals surface area contributed by atoms with Crippen molar-refractivity contribution in [2.75, 3.05) is 7.11 Å². The summed E-state index contributed by atoms with van der Waals surface area (Å²) in [5.74, 6) is -0.200. The number of nitrogens with zero attached hydrogens (tertiary/aromatic N) is 1. The number of para-hydroxylation sites is 1. The Hall–Kier alpha value is -5.17. The first-order chi connectivity index (χ1) is 18.5. The Balaban J connectivity index is 1.33. The molecule has 0 unspecified atom stereocenters. The first kappa shape index (κ1) is 24.5. The molecule has 0 aliphatic heterocycles. The van der Waals surface area contributed by atoms with Crippen molar-refractivity contribution in [3.05, 3.63) is 119 Å². The lowest BCUT2D eigenvalue weighted by molar-refractivity contribution is 0.0729. The molecule has 0 aliphatic carbocycles. The molecule has 0 saturated carbocycles. The van der Waals surface area contributed by atoms with E-state index in [9.17, 15) is 9.59 Å². The number of rotatable bonds is 7. The fourth-order valence-corrected chi connectivity index (χ4v) is 4.22. The fraction of sp³-hybridized carbons (Fsp3) is 0.0645. The topological polar surface area (TPSA) is 92.8 Å². The number of nitrogens with one attached hydrogen (secondary N) is 2. The molecule has 4 aromatic carbocycles. The molecule has 0 atom stereocenters. The van der Waals surface area contributed by atoms with E-state index in [0.29, 0.717) is 22.6 Å². The Bertz CT molecular complexity index is 1650. The minimum Gasteiger partial charge on any atom is -0.493 e. The number of fused-ring (bicyclic) bond motifs is 1. The SMILES string of the molecule is COc1cc(C=NNC(=O)c2[nH]c3ccccc3c2-c2ccccc2)ccc1OC(=O)c1cccc(C)c1. The zero-order valence-corrected chi connectivity index (χ0v) is 20.9. The minimum atomic E-state index is -0.478. The quantitative estimate of drug-likeness (QED) is 0.121. The molecule has 0 radical (unpaired) electrons. The van der Waals surface area contributed by atoms with Crippen LogP contribution in [0.25, 0.3) is 22.0 Å². The van der Waals surface area contributed by atoms with Gasteiger partial charge in [-0.1, -0.05) is 66.2 Å². The molecule has 0 spiro atoms. The monoisotopic (exact) mass is 503 g/mol. The third-order valence-electron chi connectivity index (χ3n) is 6.02. The number of benzene rings is 4. The molecule has 0 bridgehead atoms. The standard InChI is InChI=1S/C31H25N3O4/c1-20-9-8-12-23(17-20)31(36)38-26-16-15-21(18-27(26)37-2)19-32-34-30(35)29-28(22-10-4-3-5-11-22)24-13-6-7-14-25(24)33-29/h3-19,33H,1-2H3,(H,34,35). The third kappa shape index (κ3) is 5.17. The molecule has 7 nitrogen and oxygen atoms in total. The van der Waals surface area contributed by atoms with Crippen LogP contribution in [-0.4, -0.2) is 30.2 Å². The van der Waals surface area contributed by atoms with Crippen LogP contribution in [0.3, 0.4) is 0 Å². The Morgan fingerprint density at radius 1 is 0.868 bits per heavy atom. The molecule has 0 fully saturated rings. The van der Waals surface area contributed by atoms with Crippen LogP contribution in [-0.2, 0) is 0 Å². The highest BCUT2D eigenvalue weighted by molar-refractivity contribution is 6.09. The van der Waals surface area contributed by atoms with E-state index in [1.54, 1.807) is 36.4 Å². The molecule has 38 heavy (non-hydrogen) atoms. The maximum absolute atomic E-state index is 13.1. The second-order valence-corrected chi connectivity index (χ2v) is 8.66. The van der Waals surface area contributed by atoms with Crippen molar-refractivity contribution in [2.45, 2.75) is 6.92 Å². The van der Waals surface area contributed by atoms with Crippen molar-refractivity contribution in [1.82, 2.24) is 10.4 Å². The summed E-state index contributed by atoms with van der Waals surface area (Å²) >= 11 is 0. The first-order valence-corrected chi connectivity index (χ1v) is 12.0. The maximum atomic E-state index is 13.1. The predicted molar refractivity (Wildman–Crippen MR) is 148 cm³/mol. The molecule has 2 N–H and O–H groups in total. The Labute approximate surface area is 219 Å². The van der Waals surface area contributed by atoms with Gasteiger partial charge in [-0.3, -0.25) is 4.79 Å². The second kappa shape index (κ2) is 10.8. The lowest BCUT2D eigenvalue weighted by atomic mass is 10.0. The van der Waals surface area contributed by atoms with Gasteiger partial charge in [0, 0.05) is 16.5 Å². The lowest BCUT2D eigenvalue weighted by Crippen LogP contribution is -2.18. The third-order valence-corrected chi connectivity index (χ3v) is 6.02. The van der Waals surface area contributed by atoms with Gasteiger partial charge in [-0.2, -0.15) is 5.10 Å². The van der Waals surface area contributed by atoms with Crippen molar-refractivity contribution >= 4 is 29.0 Å². The zero-order chi connectivity index (χ0) is 26.5. The highest BCUT2D eigenvalue weighted by Gasteiger charge is 2.19. The van der Waals surface area contributed by atoms with Crippen molar-refractivity contribution in [2.24, 2.45) is 5.10 Å². The number of carbonyl (C=O) groups is 2. The van der Waals surface area contributed by atoms with Gasteiger partial charge in [0.25, 0.3) is 5.91 Å². The van der Waals surface area contributed by atoms with Gasteiger partial charge >= 0.3 is 5.97 Å². The molecule has 188 valence electrons. The number of ether oxygens (including phenoxy) is 2. The number of carbonyl (C=O) groups excluding carboxylic acids is 2. The summed E-state index contributed by atoms with van der Waals surface area (Å²) in [6.07, 6.45) is 1.50. The van der Waals surface area contributed by atoms with E-state index in [4.69, 9.17) is 9.47 Å². The summed E-state index contributed by atoms with van der Waals surface area (Å²) in [6, 6.07) is 29.7. The molecule has 5 rings (SSSR count). The molecule has 1 aromatic heterocycles. The molecular weight excluding hydrogens is 478 g/mol. The van der Waals surface area contributed by atoms with Gasteiger partial charge in [0.2, 0.25) is 0 Å². The number of aromatic amines is 1. The zero-order valence-electron chi connectivity index (χ0n) is 20.9. The number of esters is 1. The van der Waals surface area contributed by atoms with Gasteiger partial charge < -0.3 is 14.5 Å². The fourth-order valence-electron chi connectivity index (χ4n) is 4.22. The van der Waals surface area contributed by atoms with Crippen LogP contribution in [0, 0.1) is 6.92 Å². The van der Waals surface area contributed by atoms with Crippen LogP contribution in [0.5, 0.6) is 11.5 Å². The minimum absolute atomic E-state index is 0.283. The number of amides is 1. The predicted octanol–water partition coefficient (Wildman–Crippen LogP) is 6.14. The first-order valence-electron chi connectivity index (χ1n) is 12.0. The highest BCUT2D eigenvalue weighted by Crippen LogP contribution is 2.32. The van der Waals surface area contributed by atoms with Crippen LogP contribution in [0.4, 0.5) is 0 Å². The van der Waals surface area contributed by atoms with Crippen molar-refractivity contribution < 1.29 is 19.1 Å². The number of aromatic nitrogens is 1. The Morgan fingerprint density at radius 2 is 1.66 bits per heavy atom. The van der Waals surface area contributed by atoms with Crippen LogP contribution < -0.4 is 14.9 Å². The summed E-state index contributed by atoms with van der Waals surface area (Å²) < 4.78 is 10.9. The van der Waals surface area contributed by atoms with Crippen LogP contribution in [0.2, 0.25) is 0 Å². The van der Waals surface area contributed by atoms with Gasteiger partial charge in [0.05, 0.1) is 18.9 Å². The molecular formula is C31H25N3O4. The maximum Gasteiger partial charge on any atom is 0.343 e. The molecule has 5 aromatic rings. The van der Waals surface area contributed by atoms with E-state index in [2.05, 4.69) is 15.5 Å². The molecule has 1 heterocycles. The Kier molecular flexibility index (Phi) is 6.99. The van der Waals surface area contributed by atoms with Gasteiger partial charge in [-0.05, 0) is 54.4 Å². The van der Waals surface area contributed by atoms with E-state index < -0.39 is 5.97 Å². The van der Waals surface area contributed by atoms with Crippen LogP contribution in [0.15, 0.2) is 102 Å². The summed E-state index contributed by atoms with van der Waals surface area (Å²) in [6.45, 7) is 1.91. The summed E-state index contributed by atoms with van der Waals surface area (Å²) in [7, 11) is 1.49. The average molecular weight is 504 g/mol. The lowest BCUT2D eigenvalue weighted by Gasteiger charge is -2.10. The number of hydrogen-bond donors (Lipinski definition) is 2. The van der Waals surface area contributed by atoms with Crippen molar-refractivity contribution in [1.29, 1.82) is 0 Å². The highest BCUT2D eigenvalue weighted by atomic mass is 16.6. The molecule has 1 amide bonds. The van der Waals surface area contributed by atoms with E-state index in [0.717, 1.165) is 27.6 Å². The van der Waals surface area contributed by atoms with E-state index in [1.807, 2.05) is 67.6 Å². The number of methoxy groups -OCH3 is 1. The number of hydrazone groups is 1. The Morgan fingerprint density at radius 3 is 2.45 bits per heavy atom. The smallest absolute Gasteiger partial charge is 0.343 e. The van der Waals surface area contributed by atoms with Gasteiger partial charge in [-0.15, -0.1) is 0 Å². The second-order valence-electron chi connectivity index (χ2n) is 8.66. The van der Waals surface area contributed by atoms with E-state index >= 15 is 0 Å². The summed E-state index contributed by atoms with van der Waals surface area (Å²) in [5.41, 5.74) is 7.69. The van der Waals surface area contributed by atoms with E-state index in [-0.39, 0.29) is 11.7 Å². The van der Waals surface area contributed by atoms with Crippen molar-refractivity contribution in [3.8, 4) is 22.6 Å². The summed E-state index contributed by atoms with van der Waals surface area (Å²) in [4.78, 5) is 28.9. The normalized spacial score (nSPS) is 11.0. The van der Waals surface area contributed by atoms with Crippen LogP contribution >= 0.6 is 0 Å². The van der Waals surface area contributed by atoms with E-state index in [1.165, 1.54) is 13.3 Å². The average Bonchev–Trinajstić information content (AvgIpc) is 3.34. The molecule has 0 aliphatic rings. The van der Waals surface area contributed by atoms with Gasteiger partial charge in [-0.25, -0.2) is 10.2 Å². The number of aryl methyl sites for hydroxylation is 1. The molecule has 0 saturated heterocycles. The molecule has 7 heteroatoms. The largest absolute Gasteiger partial charge is 0.493 e. The number of H-pyrrole nitrogens is 1.